The van der Waals surface area contributed by atoms with Crippen LogP contribution >= 0.6 is 0 Å². The van der Waals surface area contributed by atoms with Crippen molar-refractivity contribution in [3.8, 4) is 0 Å². The van der Waals surface area contributed by atoms with Gasteiger partial charge in [0.25, 0.3) is 11.8 Å². The zero-order valence-electron chi connectivity index (χ0n) is 17.8. The van der Waals surface area contributed by atoms with Gasteiger partial charge in [-0.05, 0) is 37.1 Å². The molecule has 0 saturated carbocycles. The summed E-state index contributed by atoms with van der Waals surface area (Å²) in [5.74, 6) is -0.920. The van der Waals surface area contributed by atoms with Crippen molar-refractivity contribution in [3.05, 3.63) is 64.3 Å². The number of aryl methyl sites for hydroxylation is 1. The molecule has 3 aromatic rings. The zero-order valence-corrected chi connectivity index (χ0v) is 17.8. The second-order valence-corrected chi connectivity index (χ2v) is 7.82. The predicted octanol–water partition coefficient (Wildman–Crippen LogP) is 2.11. The Labute approximate surface area is 183 Å². The maximum absolute atomic E-state index is 14.4. The average molecular weight is 441 g/mol. The molecule has 2 atom stereocenters. The van der Waals surface area contributed by atoms with Gasteiger partial charge in [0, 0.05) is 31.7 Å². The van der Waals surface area contributed by atoms with Gasteiger partial charge in [-0.15, -0.1) is 0 Å². The Balaban J connectivity index is 1.64. The van der Waals surface area contributed by atoms with Crippen LogP contribution in [0.2, 0.25) is 0 Å². The molecule has 3 N–H and O–H groups in total. The predicted molar refractivity (Wildman–Crippen MR) is 114 cm³/mol. The summed E-state index contributed by atoms with van der Waals surface area (Å²) in [7, 11) is 1.44. The number of hydrogen-bond acceptors (Lipinski definition) is 6. The van der Waals surface area contributed by atoms with Gasteiger partial charge in [0.1, 0.15) is 22.8 Å². The molecule has 1 aromatic carbocycles. The van der Waals surface area contributed by atoms with E-state index in [1.807, 2.05) is 0 Å². The molecular weight excluding hydrogens is 417 g/mol. The van der Waals surface area contributed by atoms with Crippen molar-refractivity contribution in [2.24, 2.45) is 0 Å². The number of amides is 2. The van der Waals surface area contributed by atoms with E-state index in [-0.39, 0.29) is 24.3 Å². The number of aliphatic hydroxyl groups is 1. The molecule has 2 aromatic heterocycles. The van der Waals surface area contributed by atoms with Gasteiger partial charge in [-0.1, -0.05) is 6.07 Å². The van der Waals surface area contributed by atoms with Crippen LogP contribution in [0.4, 0.5) is 4.39 Å². The normalized spacial score (nSPS) is 18.5. The number of halogens is 1. The topological polar surface area (TPSA) is 114 Å². The molecule has 0 spiro atoms. The molecule has 32 heavy (non-hydrogen) atoms. The number of furan rings is 1. The first-order valence-corrected chi connectivity index (χ1v) is 10.3. The molecule has 0 unspecified atom stereocenters. The van der Waals surface area contributed by atoms with Crippen molar-refractivity contribution >= 4 is 22.9 Å². The molecule has 3 heterocycles. The van der Waals surface area contributed by atoms with Crippen molar-refractivity contribution in [3.63, 3.8) is 0 Å². The highest BCUT2D eigenvalue weighted by Crippen LogP contribution is 2.25. The van der Waals surface area contributed by atoms with Crippen LogP contribution in [0, 0.1) is 12.7 Å². The highest BCUT2D eigenvalue weighted by atomic mass is 19.1. The molecule has 1 aliphatic heterocycles. The summed E-state index contributed by atoms with van der Waals surface area (Å²) in [6.45, 7) is 2.40. The maximum atomic E-state index is 14.4. The zero-order chi connectivity index (χ0) is 22.8. The number of nitrogens with zero attached hydrogens (tertiary/aromatic N) is 1. The van der Waals surface area contributed by atoms with Crippen molar-refractivity contribution in [2.45, 2.75) is 31.9 Å². The highest BCUT2D eigenvalue weighted by molar-refractivity contribution is 5.96. The Hall–Kier alpha value is -3.30. The third kappa shape index (κ3) is 4.49. The van der Waals surface area contributed by atoms with Crippen LogP contribution in [0.1, 0.15) is 44.2 Å². The molecule has 9 heteroatoms. The van der Waals surface area contributed by atoms with E-state index in [1.165, 1.54) is 19.2 Å². The van der Waals surface area contributed by atoms with Crippen molar-refractivity contribution in [2.75, 3.05) is 20.3 Å². The summed E-state index contributed by atoms with van der Waals surface area (Å²) in [6.07, 6.45) is -0.00479. The molecule has 0 radical (unpaired) electrons. The molecule has 0 bridgehead atoms. The van der Waals surface area contributed by atoms with Crippen LogP contribution in [0.25, 0.3) is 11.1 Å². The molecule has 2 amide bonds. The number of pyridine rings is 1. The molecule has 168 valence electrons. The van der Waals surface area contributed by atoms with Gasteiger partial charge < -0.3 is 24.9 Å². The van der Waals surface area contributed by atoms with Gasteiger partial charge in [-0.3, -0.25) is 9.59 Å². The second kappa shape index (κ2) is 9.05. The molecule has 1 saturated heterocycles. The van der Waals surface area contributed by atoms with Gasteiger partial charge in [-0.25, -0.2) is 9.37 Å². The lowest BCUT2D eigenvalue weighted by molar-refractivity contribution is -0.0261. The van der Waals surface area contributed by atoms with E-state index in [2.05, 4.69) is 15.6 Å². The first-order valence-electron chi connectivity index (χ1n) is 10.3. The summed E-state index contributed by atoms with van der Waals surface area (Å²) in [5.41, 5.74) is 2.44. The van der Waals surface area contributed by atoms with Gasteiger partial charge in [0.05, 0.1) is 24.3 Å². The van der Waals surface area contributed by atoms with Crippen LogP contribution < -0.4 is 10.6 Å². The largest absolute Gasteiger partial charge is 0.459 e. The number of carbonyl (C=O) groups is 2. The van der Waals surface area contributed by atoms with Crippen molar-refractivity contribution in [1.29, 1.82) is 0 Å². The fraction of sp³-hybridized carbons (Fsp3) is 0.348. The van der Waals surface area contributed by atoms with Gasteiger partial charge in [-0.2, -0.15) is 0 Å². The van der Waals surface area contributed by atoms with Gasteiger partial charge >= 0.3 is 0 Å². The monoisotopic (exact) mass is 441 g/mol. The third-order valence-corrected chi connectivity index (χ3v) is 5.45. The van der Waals surface area contributed by atoms with Crippen LogP contribution in [-0.2, 0) is 11.2 Å². The van der Waals surface area contributed by atoms with E-state index in [1.54, 1.807) is 25.1 Å². The van der Waals surface area contributed by atoms with E-state index in [0.29, 0.717) is 41.0 Å². The lowest BCUT2D eigenvalue weighted by Crippen LogP contribution is -2.48. The molecule has 0 aliphatic carbocycles. The molecule has 1 fully saturated rings. The Bertz CT molecular complexity index is 1180. The number of benzene rings is 1. The van der Waals surface area contributed by atoms with Crippen molar-refractivity contribution < 1.29 is 28.2 Å². The number of aromatic nitrogens is 1. The molecule has 1 aliphatic rings. The van der Waals surface area contributed by atoms with Crippen molar-refractivity contribution in [1.82, 2.24) is 15.6 Å². The van der Waals surface area contributed by atoms with Crippen LogP contribution in [0.5, 0.6) is 0 Å². The van der Waals surface area contributed by atoms with Crippen LogP contribution in [0.3, 0.4) is 0 Å². The molecular formula is C23H24FN3O5. The summed E-state index contributed by atoms with van der Waals surface area (Å²) in [4.78, 5) is 29.0. The number of nitrogens with one attached hydrogen (secondary N) is 2. The van der Waals surface area contributed by atoms with E-state index in [4.69, 9.17) is 9.15 Å². The fourth-order valence-electron chi connectivity index (χ4n) is 3.80. The summed E-state index contributed by atoms with van der Waals surface area (Å²) in [5, 5.41) is 15.3. The number of aliphatic hydroxyl groups excluding tert-OH is 1. The first kappa shape index (κ1) is 21.9. The number of ether oxygens (including phenoxy) is 1. The Morgan fingerprint density at radius 3 is 2.78 bits per heavy atom. The number of fused-ring (bicyclic) bond motifs is 1. The highest BCUT2D eigenvalue weighted by Gasteiger charge is 2.26. The van der Waals surface area contributed by atoms with Crippen LogP contribution in [-0.4, -0.2) is 54.3 Å². The molecule has 8 nitrogen and oxygen atoms in total. The minimum Gasteiger partial charge on any atom is -0.459 e. The smallest absolute Gasteiger partial charge is 0.270 e. The standard InChI is InChI=1S/C23H24FN3O5/c1-12-7-18-21(32-12)14(8-13-3-4-15(16(24)9-13)22(29)25-2)10-19(26-18)23(30)27-17-5-6-31-11-20(17)28/h3-4,7,9-10,17,20,28H,5-6,8,11H2,1-2H3,(H,25,29)(H,27,30)/t17-,20-/m0/s1. The second-order valence-electron chi connectivity index (χ2n) is 7.82. The Kier molecular flexibility index (Phi) is 6.20. The lowest BCUT2D eigenvalue weighted by atomic mass is 10.0. The Morgan fingerprint density at radius 2 is 2.06 bits per heavy atom. The third-order valence-electron chi connectivity index (χ3n) is 5.45. The average Bonchev–Trinajstić information content (AvgIpc) is 3.15. The fourth-order valence-corrected chi connectivity index (χ4v) is 3.80. The van der Waals surface area contributed by atoms with E-state index in [0.717, 1.165) is 0 Å². The number of carbonyl (C=O) groups excluding carboxylic acids is 2. The van der Waals surface area contributed by atoms with E-state index < -0.39 is 29.8 Å². The van der Waals surface area contributed by atoms with Gasteiger partial charge in [0.15, 0.2) is 5.58 Å². The lowest BCUT2D eigenvalue weighted by Gasteiger charge is -2.28. The summed E-state index contributed by atoms with van der Waals surface area (Å²) >= 11 is 0. The minimum absolute atomic E-state index is 0.0416. The Morgan fingerprint density at radius 1 is 1.25 bits per heavy atom. The minimum atomic E-state index is -0.783. The summed E-state index contributed by atoms with van der Waals surface area (Å²) in [6, 6.07) is 7.30. The van der Waals surface area contributed by atoms with Crippen LogP contribution in [0.15, 0.2) is 34.7 Å². The SMILES string of the molecule is CNC(=O)c1ccc(Cc2cc(C(=O)N[C@H]3CCOC[C@@H]3O)nc3cc(C)oc23)cc1F. The number of rotatable bonds is 5. The number of hydrogen-bond donors (Lipinski definition) is 3. The quantitative estimate of drug-likeness (QED) is 0.559. The van der Waals surface area contributed by atoms with Gasteiger partial charge in [0.2, 0.25) is 0 Å². The van der Waals surface area contributed by atoms with E-state index in [9.17, 15) is 19.1 Å². The molecule has 4 rings (SSSR count). The first-order chi connectivity index (χ1) is 15.4. The summed E-state index contributed by atoms with van der Waals surface area (Å²) < 4.78 is 25.4. The van der Waals surface area contributed by atoms with E-state index >= 15 is 0 Å². The maximum Gasteiger partial charge on any atom is 0.270 e.